The average Bonchev–Trinajstić information content (AvgIpc) is 2.72. The van der Waals surface area contributed by atoms with Gasteiger partial charge >= 0.3 is 0 Å². The van der Waals surface area contributed by atoms with E-state index in [-0.39, 0.29) is 0 Å². The van der Waals surface area contributed by atoms with Crippen molar-refractivity contribution in [3.63, 3.8) is 0 Å². The van der Waals surface area contributed by atoms with Gasteiger partial charge in [0.2, 0.25) is 0 Å². The molecule has 0 amide bonds. The Morgan fingerprint density at radius 2 is 2.31 bits per heavy atom. The second-order valence-electron chi connectivity index (χ2n) is 3.71. The molecule has 84 valence electrons. The number of hydrogen-bond acceptors (Lipinski definition) is 3. The summed E-state index contributed by atoms with van der Waals surface area (Å²) in [5, 5.41) is 3.38. The van der Waals surface area contributed by atoms with E-state index < -0.39 is 0 Å². The van der Waals surface area contributed by atoms with Gasteiger partial charge < -0.3 is 9.88 Å². The van der Waals surface area contributed by atoms with Crippen molar-refractivity contribution in [2.45, 2.75) is 20.0 Å². The summed E-state index contributed by atoms with van der Waals surface area (Å²) in [5.41, 5.74) is 1.21. The van der Waals surface area contributed by atoms with Crippen molar-refractivity contribution in [2.24, 2.45) is 0 Å². The molecule has 0 unspecified atom stereocenters. The van der Waals surface area contributed by atoms with E-state index in [9.17, 15) is 0 Å². The predicted octanol–water partition coefficient (Wildman–Crippen LogP) is 1.38. The first-order valence-corrected chi connectivity index (χ1v) is 5.43. The van der Waals surface area contributed by atoms with E-state index in [1.165, 1.54) is 5.56 Å². The number of nitrogens with one attached hydrogen (secondary N) is 1. The van der Waals surface area contributed by atoms with E-state index in [4.69, 9.17) is 0 Å². The summed E-state index contributed by atoms with van der Waals surface area (Å²) < 4.78 is 2.14. The SMILES string of the molecule is Cc1nccn1CCNCc1cccnc1. The van der Waals surface area contributed by atoms with Gasteiger partial charge in [0.1, 0.15) is 5.82 Å². The van der Waals surface area contributed by atoms with Gasteiger partial charge in [-0.2, -0.15) is 0 Å². The van der Waals surface area contributed by atoms with Crippen molar-refractivity contribution in [3.8, 4) is 0 Å². The quantitative estimate of drug-likeness (QED) is 0.768. The van der Waals surface area contributed by atoms with Crippen molar-refractivity contribution in [3.05, 3.63) is 48.3 Å². The van der Waals surface area contributed by atoms with E-state index in [1.807, 2.05) is 31.6 Å². The van der Waals surface area contributed by atoms with Crippen molar-refractivity contribution >= 4 is 0 Å². The van der Waals surface area contributed by atoms with Crippen molar-refractivity contribution in [1.29, 1.82) is 0 Å². The largest absolute Gasteiger partial charge is 0.334 e. The Hall–Kier alpha value is -1.68. The minimum atomic E-state index is 0.863. The van der Waals surface area contributed by atoms with Gasteiger partial charge in [-0.05, 0) is 18.6 Å². The van der Waals surface area contributed by atoms with Gasteiger partial charge in [0, 0.05) is 44.4 Å². The van der Waals surface area contributed by atoms with Crippen LogP contribution in [0.2, 0.25) is 0 Å². The molecular formula is C12H16N4. The highest BCUT2D eigenvalue weighted by atomic mass is 15.1. The van der Waals surface area contributed by atoms with Crippen LogP contribution in [0.15, 0.2) is 36.9 Å². The fourth-order valence-electron chi connectivity index (χ4n) is 1.57. The number of nitrogens with zero attached hydrogens (tertiary/aromatic N) is 3. The smallest absolute Gasteiger partial charge is 0.105 e. The Labute approximate surface area is 95.4 Å². The van der Waals surface area contributed by atoms with Crippen molar-refractivity contribution in [2.75, 3.05) is 6.54 Å². The molecule has 4 heteroatoms. The van der Waals surface area contributed by atoms with Crippen molar-refractivity contribution in [1.82, 2.24) is 19.9 Å². The molecule has 0 fully saturated rings. The summed E-state index contributed by atoms with van der Waals surface area (Å²) in [4.78, 5) is 8.25. The van der Waals surface area contributed by atoms with Crippen LogP contribution in [0, 0.1) is 6.92 Å². The fraction of sp³-hybridized carbons (Fsp3) is 0.333. The summed E-state index contributed by atoms with van der Waals surface area (Å²) in [6.45, 7) is 4.76. The molecule has 2 aromatic heterocycles. The predicted molar refractivity (Wildman–Crippen MR) is 62.9 cm³/mol. The van der Waals surface area contributed by atoms with E-state index >= 15 is 0 Å². The highest BCUT2D eigenvalue weighted by Crippen LogP contribution is 1.96. The molecule has 16 heavy (non-hydrogen) atoms. The minimum absolute atomic E-state index is 0.863. The van der Waals surface area contributed by atoms with Crippen molar-refractivity contribution < 1.29 is 0 Å². The van der Waals surface area contributed by atoms with Crippen LogP contribution in [-0.4, -0.2) is 21.1 Å². The molecule has 2 heterocycles. The summed E-state index contributed by atoms with van der Waals surface area (Å²) >= 11 is 0. The zero-order chi connectivity index (χ0) is 11.2. The lowest BCUT2D eigenvalue weighted by molar-refractivity contribution is 0.587. The van der Waals surface area contributed by atoms with Crippen LogP contribution in [0.25, 0.3) is 0 Å². The monoisotopic (exact) mass is 216 g/mol. The zero-order valence-corrected chi connectivity index (χ0v) is 9.43. The van der Waals surface area contributed by atoms with Crippen LogP contribution < -0.4 is 5.32 Å². The molecule has 0 saturated heterocycles. The lowest BCUT2D eigenvalue weighted by atomic mass is 10.3. The van der Waals surface area contributed by atoms with Crippen LogP contribution in [0.4, 0.5) is 0 Å². The molecular weight excluding hydrogens is 200 g/mol. The maximum Gasteiger partial charge on any atom is 0.105 e. The lowest BCUT2D eigenvalue weighted by Gasteiger charge is -2.06. The van der Waals surface area contributed by atoms with E-state index in [0.29, 0.717) is 0 Å². The number of aromatic nitrogens is 3. The number of imidazole rings is 1. The molecule has 0 saturated carbocycles. The fourth-order valence-corrected chi connectivity index (χ4v) is 1.57. The Morgan fingerprint density at radius 1 is 1.38 bits per heavy atom. The molecule has 1 N–H and O–H groups in total. The third kappa shape index (κ3) is 2.90. The molecule has 0 aromatic carbocycles. The van der Waals surface area contributed by atoms with Crippen LogP contribution in [-0.2, 0) is 13.1 Å². The van der Waals surface area contributed by atoms with E-state index in [2.05, 4.69) is 25.9 Å². The minimum Gasteiger partial charge on any atom is -0.334 e. The first-order valence-electron chi connectivity index (χ1n) is 5.43. The molecule has 2 rings (SSSR count). The number of aryl methyl sites for hydroxylation is 1. The molecule has 0 spiro atoms. The number of hydrogen-bond donors (Lipinski definition) is 1. The Kier molecular flexibility index (Phi) is 3.66. The molecule has 0 radical (unpaired) electrons. The number of rotatable bonds is 5. The van der Waals surface area contributed by atoms with Gasteiger partial charge in [0.25, 0.3) is 0 Å². The molecule has 0 aliphatic carbocycles. The maximum absolute atomic E-state index is 4.18. The second-order valence-corrected chi connectivity index (χ2v) is 3.71. The Bertz CT molecular complexity index is 422. The second kappa shape index (κ2) is 5.42. The summed E-state index contributed by atoms with van der Waals surface area (Å²) in [5.74, 6) is 1.06. The number of pyridine rings is 1. The summed E-state index contributed by atoms with van der Waals surface area (Å²) in [7, 11) is 0. The van der Waals surface area contributed by atoms with Crippen LogP contribution in [0.1, 0.15) is 11.4 Å². The van der Waals surface area contributed by atoms with E-state index in [0.717, 1.165) is 25.5 Å². The van der Waals surface area contributed by atoms with E-state index in [1.54, 1.807) is 6.20 Å². The topological polar surface area (TPSA) is 42.7 Å². The summed E-state index contributed by atoms with van der Waals surface area (Å²) in [6.07, 6.45) is 7.51. The molecule has 2 aromatic rings. The molecule has 0 bridgehead atoms. The lowest BCUT2D eigenvalue weighted by Crippen LogP contribution is -2.19. The summed E-state index contributed by atoms with van der Waals surface area (Å²) in [6, 6.07) is 4.03. The third-order valence-electron chi connectivity index (χ3n) is 2.51. The van der Waals surface area contributed by atoms with Gasteiger partial charge in [-0.3, -0.25) is 4.98 Å². The van der Waals surface area contributed by atoms with Gasteiger partial charge in [-0.25, -0.2) is 4.98 Å². The van der Waals surface area contributed by atoms with Gasteiger partial charge in [-0.1, -0.05) is 6.07 Å². The molecule has 0 aliphatic heterocycles. The highest BCUT2D eigenvalue weighted by Gasteiger charge is 1.96. The standard InChI is InChI=1S/C12H16N4/c1-11-15-6-8-16(11)7-5-14-10-12-3-2-4-13-9-12/h2-4,6,8-9,14H,5,7,10H2,1H3. The first kappa shape index (κ1) is 10.8. The van der Waals surface area contributed by atoms with Crippen LogP contribution >= 0.6 is 0 Å². The Morgan fingerprint density at radius 3 is 3.00 bits per heavy atom. The molecule has 4 nitrogen and oxygen atoms in total. The third-order valence-corrected chi connectivity index (χ3v) is 2.51. The van der Waals surface area contributed by atoms with Gasteiger partial charge in [0.05, 0.1) is 0 Å². The first-order chi connectivity index (χ1) is 7.86. The Balaban J connectivity index is 1.72. The zero-order valence-electron chi connectivity index (χ0n) is 9.43. The van der Waals surface area contributed by atoms with Gasteiger partial charge in [0.15, 0.2) is 0 Å². The highest BCUT2D eigenvalue weighted by molar-refractivity contribution is 5.07. The maximum atomic E-state index is 4.18. The normalized spacial score (nSPS) is 10.6. The van der Waals surface area contributed by atoms with Gasteiger partial charge in [-0.15, -0.1) is 0 Å². The average molecular weight is 216 g/mol. The molecule has 0 aliphatic rings. The van der Waals surface area contributed by atoms with Crippen LogP contribution in [0.3, 0.4) is 0 Å². The van der Waals surface area contributed by atoms with Crippen LogP contribution in [0.5, 0.6) is 0 Å². The molecule has 0 atom stereocenters.